The van der Waals surface area contributed by atoms with Gasteiger partial charge >= 0.3 is 0 Å². The highest BCUT2D eigenvalue weighted by atomic mass is 16.2. The summed E-state index contributed by atoms with van der Waals surface area (Å²) in [5.41, 5.74) is 5.70. The summed E-state index contributed by atoms with van der Waals surface area (Å²) in [7, 11) is 0. The first-order valence-electron chi connectivity index (χ1n) is 8.90. The molecule has 2 N–H and O–H groups in total. The van der Waals surface area contributed by atoms with Crippen molar-refractivity contribution in [1.29, 1.82) is 0 Å². The van der Waals surface area contributed by atoms with Crippen LogP contribution in [0.4, 0.5) is 0 Å². The van der Waals surface area contributed by atoms with Crippen LogP contribution in [0.2, 0.25) is 0 Å². The Hall–Kier alpha value is -0.610. The number of nitrogens with zero attached hydrogens (tertiary/aromatic N) is 2. The average molecular weight is 297 g/mol. The van der Waals surface area contributed by atoms with Crippen molar-refractivity contribution >= 4 is 5.91 Å². The van der Waals surface area contributed by atoms with Crippen LogP contribution in [0.15, 0.2) is 0 Å². The molecular weight excluding hydrogens is 262 g/mol. The molecule has 0 radical (unpaired) electrons. The molecule has 0 aromatic heterocycles. The summed E-state index contributed by atoms with van der Waals surface area (Å²) in [6.45, 7) is 11.1. The van der Waals surface area contributed by atoms with Gasteiger partial charge in [-0.2, -0.15) is 0 Å². The van der Waals surface area contributed by atoms with Crippen molar-refractivity contribution in [1.82, 2.24) is 9.80 Å². The van der Waals surface area contributed by atoms with E-state index in [0.717, 1.165) is 58.4 Å². The number of nitrogens with two attached hydrogens (primary N) is 1. The predicted molar refractivity (Wildman–Crippen MR) is 89.2 cm³/mol. The van der Waals surface area contributed by atoms with Gasteiger partial charge in [-0.25, -0.2) is 0 Å². The molecule has 0 aromatic carbocycles. The zero-order chi connectivity index (χ0) is 15.7. The molecule has 1 saturated heterocycles. The number of hydrogen-bond donors (Lipinski definition) is 1. The summed E-state index contributed by atoms with van der Waals surface area (Å²) in [5.74, 6) is 0.625. The fraction of sp³-hybridized carbons (Fsp3) is 0.941. The Bertz CT molecular complexity index is 288. The third-order valence-corrected chi connectivity index (χ3v) is 4.86. The van der Waals surface area contributed by atoms with Gasteiger partial charge in [-0.1, -0.05) is 33.6 Å². The second kappa shape index (κ2) is 10.2. The third-order valence-electron chi connectivity index (χ3n) is 4.86. The Balaban J connectivity index is 2.45. The molecule has 1 aliphatic heterocycles. The molecule has 0 bridgehead atoms. The minimum Gasteiger partial charge on any atom is -0.340 e. The van der Waals surface area contributed by atoms with Crippen LogP contribution in [0.25, 0.3) is 0 Å². The van der Waals surface area contributed by atoms with Crippen molar-refractivity contribution in [3.63, 3.8) is 0 Å². The van der Waals surface area contributed by atoms with E-state index in [0.29, 0.717) is 11.9 Å². The van der Waals surface area contributed by atoms with Crippen molar-refractivity contribution < 1.29 is 4.79 Å². The first-order valence-corrected chi connectivity index (χ1v) is 8.90. The molecule has 2 atom stereocenters. The minimum absolute atomic E-state index is 0.238. The number of carbonyl (C=O) groups is 1. The number of amides is 1. The summed E-state index contributed by atoms with van der Waals surface area (Å²) in [5, 5.41) is 0. The van der Waals surface area contributed by atoms with Crippen LogP contribution in [-0.2, 0) is 4.79 Å². The lowest BCUT2D eigenvalue weighted by Gasteiger charge is -2.40. The Morgan fingerprint density at radius 2 is 1.71 bits per heavy atom. The van der Waals surface area contributed by atoms with Crippen molar-refractivity contribution in [2.75, 3.05) is 32.7 Å². The lowest BCUT2D eigenvalue weighted by Crippen LogP contribution is -2.53. The first-order chi connectivity index (χ1) is 10.2. The fourth-order valence-electron chi connectivity index (χ4n) is 3.36. The van der Waals surface area contributed by atoms with Gasteiger partial charge in [0.25, 0.3) is 0 Å². The van der Waals surface area contributed by atoms with E-state index in [9.17, 15) is 4.79 Å². The van der Waals surface area contributed by atoms with E-state index in [-0.39, 0.29) is 5.92 Å². The molecule has 4 nitrogen and oxygen atoms in total. The molecule has 1 fully saturated rings. The van der Waals surface area contributed by atoms with E-state index < -0.39 is 0 Å². The zero-order valence-corrected chi connectivity index (χ0v) is 14.3. The van der Waals surface area contributed by atoms with Gasteiger partial charge in [-0.3, -0.25) is 9.69 Å². The summed E-state index contributed by atoms with van der Waals surface area (Å²) < 4.78 is 0. The Morgan fingerprint density at radius 1 is 1.05 bits per heavy atom. The summed E-state index contributed by atoms with van der Waals surface area (Å²) in [4.78, 5) is 17.2. The Morgan fingerprint density at radius 3 is 2.19 bits per heavy atom. The van der Waals surface area contributed by atoms with E-state index >= 15 is 0 Å². The topological polar surface area (TPSA) is 49.6 Å². The monoisotopic (exact) mass is 297 g/mol. The first kappa shape index (κ1) is 18.4. The molecule has 1 amide bonds. The molecular formula is C17H35N3O. The van der Waals surface area contributed by atoms with E-state index in [1.807, 2.05) is 0 Å². The predicted octanol–water partition coefficient (Wildman–Crippen LogP) is 2.47. The van der Waals surface area contributed by atoms with Crippen LogP contribution >= 0.6 is 0 Å². The van der Waals surface area contributed by atoms with Gasteiger partial charge in [0.2, 0.25) is 5.91 Å². The summed E-state index contributed by atoms with van der Waals surface area (Å²) >= 11 is 0. The van der Waals surface area contributed by atoms with Crippen LogP contribution in [0, 0.1) is 5.92 Å². The van der Waals surface area contributed by atoms with Crippen LogP contribution in [-0.4, -0.2) is 54.5 Å². The average Bonchev–Trinajstić information content (AvgIpc) is 2.53. The maximum absolute atomic E-state index is 12.6. The van der Waals surface area contributed by atoms with Gasteiger partial charge in [0, 0.05) is 38.1 Å². The molecule has 0 spiro atoms. The molecule has 124 valence electrons. The third kappa shape index (κ3) is 5.59. The number of carbonyl (C=O) groups excluding carboxylic acids is 1. The number of rotatable bonds is 9. The molecule has 4 heteroatoms. The number of unbranched alkanes of at least 4 members (excludes halogenated alkanes) is 1. The van der Waals surface area contributed by atoms with Gasteiger partial charge in [-0.05, 0) is 32.2 Å². The van der Waals surface area contributed by atoms with E-state index in [1.54, 1.807) is 0 Å². The van der Waals surface area contributed by atoms with Gasteiger partial charge in [0.15, 0.2) is 0 Å². The SMILES string of the molecule is CCCCC(CC)C(=O)N1CCN(C(CC)CCN)CC1. The van der Waals surface area contributed by atoms with Crippen LogP contribution < -0.4 is 5.73 Å². The van der Waals surface area contributed by atoms with Crippen LogP contribution in [0.5, 0.6) is 0 Å². The second-order valence-corrected chi connectivity index (χ2v) is 6.25. The standard InChI is InChI=1S/C17H35N3O/c1-4-7-8-15(5-2)17(21)20-13-11-19(12-14-20)16(6-3)9-10-18/h15-16H,4-14,18H2,1-3H3. The molecule has 0 saturated carbocycles. The molecule has 2 unspecified atom stereocenters. The minimum atomic E-state index is 0.238. The molecule has 1 aliphatic rings. The van der Waals surface area contributed by atoms with Gasteiger partial charge in [-0.15, -0.1) is 0 Å². The zero-order valence-electron chi connectivity index (χ0n) is 14.3. The van der Waals surface area contributed by atoms with E-state index in [2.05, 4.69) is 30.6 Å². The van der Waals surface area contributed by atoms with Crippen LogP contribution in [0.3, 0.4) is 0 Å². The largest absolute Gasteiger partial charge is 0.340 e. The molecule has 1 heterocycles. The normalized spacial score (nSPS) is 19.5. The highest BCUT2D eigenvalue weighted by molar-refractivity contribution is 5.78. The van der Waals surface area contributed by atoms with E-state index in [1.165, 1.54) is 12.8 Å². The maximum Gasteiger partial charge on any atom is 0.225 e. The van der Waals surface area contributed by atoms with Gasteiger partial charge in [0.05, 0.1) is 0 Å². The lowest BCUT2D eigenvalue weighted by atomic mass is 9.97. The molecule has 0 aromatic rings. The van der Waals surface area contributed by atoms with Crippen molar-refractivity contribution in [3.8, 4) is 0 Å². The summed E-state index contributed by atoms with van der Waals surface area (Å²) in [6, 6.07) is 0.592. The lowest BCUT2D eigenvalue weighted by molar-refractivity contribution is -0.138. The smallest absolute Gasteiger partial charge is 0.225 e. The molecule has 21 heavy (non-hydrogen) atoms. The maximum atomic E-state index is 12.6. The fourth-order valence-corrected chi connectivity index (χ4v) is 3.36. The summed E-state index contributed by atoms with van der Waals surface area (Å²) in [6.07, 6.45) is 6.59. The highest BCUT2D eigenvalue weighted by Crippen LogP contribution is 2.18. The number of piperazine rings is 1. The van der Waals surface area contributed by atoms with Crippen molar-refractivity contribution in [2.24, 2.45) is 11.7 Å². The van der Waals surface area contributed by atoms with Gasteiger partial charge < -0.3 is 10.6 Å². The quantitative estimate of drug-likeness (QED) is 0.711. The number of hydrogen-bond acceptors (Lipinski definition) is 3. The Kier molecular flexibility index (Phi) is 8.93. The van der Waals surface area contributed by atoms with E-state index in [4.69, 9.17) is 5.73 Å². The Labute approximate surface area is 131 Å². The van der Waals surface area contributed by atoms with Crippen molar-refractivity contribution in [2.45, 2.75) is 65.3 Å². The molecule has 1 rings (SSSR count). The van der Waals surface area contributed by atoms with Gasteiger partial charge in [0.1, 0.15) is 0 Å². The second-order valence-electron chi connectivity index (χ2n) is 6.25. The highest BCUT2D eigenvalue weighted by Gasteiger charge is 2.28. The van der Waals surface area contributed by atoms with Crippen molar-refractivity contribution in [3.05, 3.63) is 0 Å². The van der Waals surface area contributed by atoms with Crippen LogP contribution in [0.1, 0.15) is 59.3 Å². The molecule has 0 aliphatic carbocycles.